The zero-order valence-electron chi connectivity index (χ0n) is 25.5. The first kappa shape index (κ1) is 31.0. The number of hydrogen-bond donors (Lipinski definition) is 0. The normalized spacial score (nSPS) is 15.5. The summed E-state index contributed by atoms with van der Waals surface area (Å²) in [5.41, 5.74) is 2.03. The van der Waals surface area contributed by atoms with Crippen LogP contribution in [0.15, 0.2) is 42.5 Å². The Kier molecular flexibility index (Phi) is 9.97. The van der Waals surface area contributed by atoms with Crippen molar-refractivity contribution in [1.82, 2.24) is 0 Å². The fourth-order valence-electron chi connectivity index (χ4n) is 4.93. The molecule has 0 aromatic heterocycles. The second-order valence-corrected chi connectivity index (χ2v) is 9.27. The van der Waals surface area contributed by atoms with E-state index in [9.17, 15) is 4.79 Å². The standard InChI is InChI=1S/C32H36O11/c1-34-20-15-22(35-2)21-17-28(42-29(33)10-9-18-11-24(36-3)31(40-7)25(12-18)37-4)30(43-23(21)16-20)19-13-26(38-5)32(41-8)27(14-19)39-6/h9-16,28,30H,17H2,1-8H3/b10-9+/t28-,30-/m0/s1. The number of rotatable bonds is 12. The van der Waals surface area contributed by atoms with Gasteiger partial charge in [0.2, 0.25) is 11.5 Å². The van der Waals surface area contributed by atoms with Crippen molar-refractivity contribution in [1.29, 1.82) is 0 Å². The van der Waals surface area contributed by atoms with Gasteiger partial charge in [0.25, 0.3) is 0 Å². The molecule has 1 aliphatic rings. The van der Waals surface area contributed by atoms with Crippen LogP contribution in [0.3, 0.4) is 0 Å². The van der Waals surface area contributed by atoms with Crippen molar-refractivity contribution >= 4 is 12.0 Å². The lowest BCUT2D eigenvalue weighted by atomic mass is 9.93. The Labute approximate surface area is 250 Å². The lowest BCUT2D eigenvalue weighted by Crippen LogP contribution is -2.34. The molecule has 0 N–H and O–H groups in total. The van der Waals surface area contributed by atoms with Gasteiger partial charge < -0.3 is 47.4 Å². The summed E-state index contributed by atoms with van der Waals surface area (Å²) in [6.07, 6.45) is 1.73. The molecule has 1 heterocycles. The largest absolute Gasteiger partial charge is 0.496 e. The van der Waals surface area contributed by atoms with Crippen LogP contribution in [0, 0.1) is 0 Å². The van der Waals surface area contributed by atoms with Crippen molar-refractivity contribution < 1.29 is 52.2 Å². The number of benzene rings is 3. The van der Waals surface area contributed by atoms with E-state index in [1.807, 2.05) is 0 Å². The number of esters is 1. The molecule has 0 saturated carbocycles. The predicted molar refractivity (Wildman–Crippen MR) is 158 cm³/mol. The highest BCUT2D eigenvalue weighted by molar-refractivity contribution is 5.87. The van der Waals surface area contributed by atoms with E-state index in [2.05, 4.69) is 0 Å². The molecule has 0 fully saturated rings. The molecular formula is C32H36O11. The SMILES string of the molecule is COc1cc(OC)c2c(c1)O[C@@H](c1cc(OC)c(OC)c(OC)c1)[C@@H](OC(=O)/C=C/c1cc(OC)c(OC)c(OC)c1)C2. The Bertz CT molecular complexity index is 1430. The van der Waals surface area contributed by atoms with Gasteiger partial charge in [-0.15, -0.1) is 0 Å². The smallest absolute Gasteiger partial charge is 0.331 e. The third-order valence-electron chi connectivity index (χ3n) is 6.98. The molecule has 4 rings (SSSR count). The monoisotopic (exact) mass is 596 g/mol. The van der Waals surface area contributed by atoms with Gasteiger partial charge in [-0.05, 0) is 35.9 Å². The molecule has 0 amide bonds. The Balaban J connectivity index is 1.72. The maximum absolute atomic E-state index is 13.2. The van der Waals surface area contributed by atoms with Crippen LogP contribution < -0.4 is 42.6 Å². The number of carbonyl (C=O) groups excluding carboxylic acids is 1. The quantitative estimate of drug-likeness (QED) is 0.207. The highest BCUT2D eigenvalue weighted by Gasteiger charge is 2.37. The molecule has 0 spiro atoms. The highest BCUT2D eigenvalue weighted by Crippen LogP contribution is 2.47. The Morgan fingerprint density at radius 1 is 0.674 bits per heavy atom. The van der Waals surface area contributed by atoms with E-state index in [1.54, 1.807) is 56.7 Å². The summed E-state index contributed by atoms with van der Waals surface area (Å²) in [6, 6.07) is 10.5. The average molecular weight is 597 g/mol. The summed E-state index contributed by atoms with van der Waals surface area (Å²) >= 11 is 0. The second-order valence-electron chi connectivity index (χ2n) is 9.27. The van der Waals surface area contributed by atoms with Crippen LogP contribution in [0.2, 0.25) is 0 Å². The van der Waals surface area contributed by atoms with Crippen molar-refractivity contribution in [2.24, 2.45) is 0 Å². The number of ether oxygens (including phenoxy) is 10. The predicted octanol–water partition coefficient (Wildman–Crippen LogP) is 5.06. The molecule has 0 radical (unpaired) electrons. The van der Waals surface area contributed by atoms with Crippen molar-refractivity contribution in [2.45, 2.75) is 18.6 Å². The molecule has 1 aliphatic heterocycles. The Morgan fingerprint density at radius 2 is 1.21 bits per heavy atom. The molecule has 11 heteroatoms. The fraction of sp³-hybridized carbons (Fsp3) is 0.344. The third-order valence-corrected chi connectivity index (χ3v) is 6.98. The zero-order valence-corrected chi connectivity index (χ0v) is 25.5. The van der Waals surface area contributed by atoms with Gasteiger partial charge >= 0.3 is 5.97 Å². The van der Waals surface area contributed by atoms with Gasteiger partial charge in [-0.25, -0.2) is 4.79 Å². The average Bonchev–Trinajstić information content (AvgIpc) is 3.04. The molecule has 0 bridgehead atoms. The van der Waals surface area contributed by atoms with Gasteiger partial charge in [0, 0.05) is 35.8 Å². The minimum atomic E-state index is -0.755. The van der Waals surface area contributed by atoms with Crippen LogP contribution >= 0.6 is 0 Å². The number of fused-ring (bicyclic) bond motifs is 1. The number of methoxy groups -OCH3 is 8. The summed E-state index contributed by atoms with van der Waals surface area (Å²) in [5.74, 6) is 3.70. The molecule has 43 heavy (non-hydrogen) atoms. The van der Waals surface area contributed by atoms with Gasteiger partial charge in [-0.1, -0.05) is 0 Å². The summed E-state index contributed by atoms with van der Waals surface area (Å²) in [5, 5.41) is 0. The van der Waals surface area contributed by atoms with E-state index in [-0.39, 0.29) is 0 Å². The van der Waals surface area contributed by atoms with Crippen LogP contribution in [-0.4, -0.2) is 69.0 Å². The highest BCUT2D eigenvalue weighted by atomic mass is 16.6. The summed E-state index contributed by atoms with van der Waals surface area (Å²) in [6.45, 7) is 0. The molecule has 0 unspecified atom stereocenters. The van der Waals surface area contributed by atoms with E-state index >= 15 is 0 Å². The first-order valence-electron chi connectivity index (χ1n) is 13.2. The van der Waals surface area contributed by atoms with E-state index in [0.29, 0.717) is 69.3 Å². The van der Waals surface area contributed by atoms with Gasteiger partial charge in [-0.3, -0.25) is 0 Å². The lowest BCUT2D eigenvalue weighted by molar-refractivity contribution is -0.149. The van der Waals surface area contributed by atoms with E-state index in [1.165, 1.54) is 48.7 Å². The summed E-state index contributed by atoms with van der Waals surface area (Å²) in [4.78, 5) is 13.2. The summed E-state index contributed by atoms with van der Waals surface area (Å²) < 4.78 is 56.4. The van der Waals surface area contributed by atoms with Gasteiger partial charge in [-0.2, -0.15) is 0 Å². The third kappa shape index (κ3) is 6.45. The molecule has 0 saturated heterocycles. The van der Waals surface area contributed by atoms with Crippen LogP contribution in [0.4, 0.5) is 0 Å². The Hall–Kier alpha value is -4.93. The van der Waals surface area contributed by atoms with Crippen molar-refractivity contribution in [3.05, 3.63) is 59.2 Å². The molecule has 11 nitrogen and oxygen atoms in total. The van der Waals surface area contributed by atoms with Gasteiger partial charge in [0.15, 0.2) is 29.1 Å². The summed E-state index contributed by atoms with van der Waals surface area (Å²) in [7, 11) is 12.3. The Morgan fingerprint density at radius 3 is 1.70 bits per heavy atom. The minimum absolute atomic E-state index is 0.299. The maximum atomic E-state index is 13.2. The number of hydrogen-bond acceptors (Lipinski definition) is 11. The zero-order chi connectivity index (χ0) is 31.1. The molecule has 230 valence electrons. The first-order valence-corrected chi connectivity index (χ1v) is 13.2. The molecule has 0 aliphatic carbocycles. The van der Waals surface area contributed by atoms with Gasteiger partial charge in [0.1, 0.15) is 23.4 Å². The van der Waals surface area contributed by atoms with E-state index in [0.717, 1.165) is 5.56 Å². The number of carbonyl (C=O) groups is 1. The fourth-order valence-corrected chi connectivity index (χ4v) is 4.93. The first-order chi connectivity index (χ1) is 20.8. The van der Waals surface area contributed by atoms with Crippen molar-refractivity contribution in [3.8, 4) is 51.7 Å². The molecule has 3 aromatic carbocycles. The van der Waals surface area contributed by atoms with Crippen LogP contribution in [-0.2, 0) is 16.0 Å². The second kappa shape index (κ2) is 13.8. The maximum Gasteiger partial charge on any atom is 0.331 e. The van der Waals surface area contributed by atoms with Gasteiger partial charge in [0.05, 0.1) is 56.9 Å². The van der Waals surface area contributed by atoms with Crippen LogP contribution in [0.5, 0.6) is 51.7 Å². The van der Waals surface area contributed by atoms with Crippen molar-refractivity contribution in [2.75, 3.05) is 56.9 Å². The molecular weight excluding hydrogens is 560 g/mol. The topological polar surface area (TPSA) is 109 Å². The minimum Gasteiger partial charge on any atom is -0.496 e. The van der Waals surface area contributed by atoms with Crippen LogP contribution in [0.25, 0.3) is 6.08 Å². The molecule has 2 atom stereocenters. The van der Waals surface area contributed by atoms with Crippen LogP contribution in [0.1, 0.15) is 22.8 Å². The molecule has 3 aromatic rings. The van der Waals surface area contributed by atoms with Crippen molar-refractivity contribution in [3.63, 3.8) is 0 Å². The van der Waals surface area contributed by atoms with E-state index < -0.39 is 18.2 Å². The lowest BCUT2D eigenvalue weighted by Gasteiger charge is -2.34. The van der Waals surface area contributed by atoms with E-state index in [4.69, 9.17) is 47.4 Å².